The molecule has 1 aromatic rings. The van der Waals surface area contributed by atoms with Crippen LogP contribution in [0.5, 0.6) is 0 Å². The van der Waals surface area contributed by atoms with Crippen LogP contribution in [0.4, 0.5) is 0 Å². The third-order valence-corrected chi connectivity index (χ3v) is 1.86. The molecular formula is C9H17N3O. The summed E-state index contributed by atoms with van der Waals surface area (Å²) in [5, 5.41) is 13.3. The third kappa shape index (κ3) is 2.06. The predicted molar refractivity (Wildman–Crippen MR) is 50.3 cm³/mol. The first kappa shape index (κ1) is 10.2. The first-order valence-electron chi connectivity index (χ1n) is 4.54. The Bertz CT molecular complexity index is 264. The van der Waals surface area contributed by atoms with Gasteiger partial charge in [0.05, 0.1) is 0 Å². The Hall–Kier alpha value is -0.900. The van der Waals surface area contributed by atoms with Crippen molar-refractivity contribution in [1.82, 2.24) is 14.8 Å². The zero-order chi connectivity index (χ0) is 10.1. The minimum absolute atomic E-state index is 0.0447. The molecular weight excluding hydrogens is 166 g/mol. The van der Waals surface area contributed by atoms with Gasteiger partial charge in [-0.05, 0) is 6.92 Å². The van der Waals surface area contributed by atoms with Crippen molar-refractivity contribution in [3.05, 3.63) is 11.6 Å². The maximum atomic E-state index is 9.01. The van der Waals surface area contributed by atoms with Crippen molar-refractivity contribution in [2.24, 2.45) is 0 Å². The van der Waals surface area contributed by atoms with Gasteiger partial charge < -0.3 is 5.11 Å². The molecule has 0 atom stereocenters. The van der Waals surface area contributed by atoms with E-state index in [1.165, 1.54) is 0 Å². The van der Waals surface area contributed by atoms with Gasteiger partial charge in [-0.15, -0.1) is 0 Å². The molecule has 0 saturated heterocycles. The van der Waals surface area contributed by atoms with Gasteiger partial charge in [-0.2, -0.15) is 5.10 Å². The first-order valence-corrected chi connectivity index (χ1v) is 4.54. The van der Waals surface area contributed by atoms with Crippen molar-refractivity contribution in [3.8, 4) is 0 Å². The number of rotatable bonds is 2. The van der Waals surface area contributed by atoms with Crippen LogP contribution in [0.15, 0.2) is 0 Å². The number of aliphatic hydroxyl groups is 1. The Morgan fingerprint density at radius 2 is 2.00 bits per heavy atom. The van der Waals surface area contributed by atoms with Gasteiger partial charge in [0.15, 0.2) is 11.6 Å². The SMILES string of the molecule is CCn1nc(C(C)(C)C)nc1CO. The molecule has 1 N–H and O–H groups in total. The number of nitrogens with zero attached hydrogens (tertiary/aromatic N) is 3. The van der Waals surface area contributed by atoms with Crippen LogP contribution in [0.25, 0.3) is 0 Å². The summed E-state index contributed by atoms with van der Waals surface area (Å²) in [7, 11) is 0. The molecule has 0 fully saturated rings. The smallest absolute Gasteiger partial charge is 0.156 e. The molecule has 0 saturated carbocycles. The fraction of sp³-hybridized carbons (Fsp3) is 0.778. The van der Waals surface area contributed by atoms with Gasteiger partial charge >= 0.3 is 0 Å². The predicted octanol–water partition coefficient (Wildman–Crippen LogP) is 1.09. The quantitative estimate of drug-likeness (QED) is 0.746. The average molecular weight is 183 g/mol. The van der Waals surface area contributed by atoms with Crippen LogP contribution in [-0.2, 0) is 18.6 Å². The molecule has 13 heavy (non-hydrogen) atoms. The normalized spacial score (nSPS) is 12.1. The second-order valence-electron chi connectivity index (χ2n) is 4.08. The highest BCUT2D eigenvalue weighted by molar-refractivity contribution is 5.02. The molecule has 0 aliphatic heterocycles. The molecule has 0 aromatic carbocycles. The van der Waals surface area contributed by atoms with Crippen LogP contribution in [0.2, 0.25) is 0 Å². The van der Waals surface area contributed by atoms with E-state index in [1.807, 2.05) is 6.92 Å². The van der Waals surface area contributed by atoms with Crippen molar-refractivity contribution < 1.29 is 5.11 Å². The molecule has 74 valence electrons. The first-order chi connectivity index (χ1) is 5.99. The van der Waals surface area contributed by atoms with E-state index in [2.05, 4.69) is 30.9 Å². The van der Waals surface area contributed by atoms with Gasteiger partial charge in [-0.1, -0.05) is 20.8 Å². The summed E-state index contributed by atoms with van der Waals surface area (Å²) in [6, 6.07) is 0. The molecule has 0 bridgehead atoms. The maximum Gasteiger partial charge on any atom is 0.156 e. The van der Waals surface area contributed by atoms with Crippen LogP contribution in [0.3, 0.4) is 0 Å². The van der Waals surface area contributed by atoms with Crippen LogP contribution in [0.1, 0.15) is 39.3 Å². The molecule has 4 nitrogen and oxygen atoms in total. The van der Waals surface area contributed by atoms with Gasteiger partial charge in [-0.3, -0.25) is 0 Å². The summed E-state index contributed by atoms with van der Waals surface area (Å²) < 4.78 is 1.74. The molecule has 0 aliphatic carbocycles. The second-order valence-corrected chi connectivity index (χ2v) is 4.08. The van der Waals surface area contributed by atoms with Gasteiger partial charge in [0.1, 0.15) is 6.61 Å². The molecule has 1 heterocycles. The lowest BCUT2D eigenvalue weighted by atomic mass is 9.96. The molecule has 0 radical (unpaired) electrons. The van der Waals surface area contributed by atoms with E-state index >= 15 is 0 Å². The van der Waals surface area contributed by atoms with Crippen LogP contribution >= 0.6 is 0 Å². The third-order valence-electron chi connectivity index (χ3n) is 1.86. The Morgan fingerprint density at radius 1 is 1.38 bits per heavy atom. The van der Waals surface area contributed by atoms with Crippen molar-refractivity contribution >= 4 is 0 Å². The summed E-state index contributed by atoms with van der Waals surface area (Å²) in [6.07, 6.45) is 0. The van der Waals surface area contributed by atoms with Gasteiger partial charge in [0.25, 0.3) is 0 Å². The molecule has 1 aromatic heterocycles. The number of hydrogen-bond acceptors (Lipinski definition) is 3. The van der Waals surface area contributed by atoms with Crippen molar-refractivity contribution in [1.29, 1.82) is 0 Å². The largest absolute Gasteiger partial charge is 0.388 e. The topological polar surface area (TPSA) is 50.9 Å². The van der Waals surface area contributed by atoms with Crippen LogP contribution < -0.4 is 0 Å². The van der Waals surface area contributed by atoms with Crippen LogP contribution in [0, 0.1) is 0 Å². The minimum Gasteiger partial charge on any atom is -0.388 e. The highest BCUT2D eigenvalue weighted by Crippen LogP contribution is 2.18. The summed E-state index contributed by atoms with van der Waals surface area (Å²) in [6.45, 7) is 8.87. The molecule has 0 aliphatic rings. The lowest BCUT2D eigenvalue weighted by Crippen LogP contribution is -2.14. The number of aromatic nitrogens is 3. The number of aliphatic hydroxyl groups excluding tert-OH is 1. The van der Waals surface area contributed by atoms with Crippen molar-refractivity contribution in [3.63, 3.8) is 0 Å². The summed E-state index contributed by atoms with van der Waals surface area (Å²) >= 11 is 0. The van der Waals surface area contributed by atoms with E-state index in [-0.39, 0.29) is 12.0 Å². The Labute approximate surface area is 78.6 Å². The zero-order valence-electron chi connectivity index (χ0n) is 8.70. The molecule has 1 rings (SSSR count). The monoisotopic (exact) mass is 183 g/mol. The highest BCUT2D eigenvalue weighted by atomic mass is 16.3. The zero-order valence-corrected chi connectivity index (χ0v) is 8.70. The van der Waals surface area contributed by atoms with E-state index in [0.717, 1.165) is 12.4 Å². The summed E-state index contributed by atoms with van der Waals surface area (Å²) in [5.74, 6) is 1.44. The van der Waals surface area contributed by atoms with Crippen LogP contribution in [-0.4, -0.2) is 19.9 Å². The lowest BCUT2D eigenvalue weighted by molar-refractivity contribution is 0.263. The van der Waals surface area contributed by atoms with Crippen molar-refractivity contribution in [2.45, 2.75) is 46.3 Å². The minimum atomic E-state index is -0.0513. The fourth-order valence-corrected chi connectivity index (χ4v) is 1.06. The molecule has 0 spiro atoms. The second kappa shape index (κ2) is 3.46. The van der Waals surface area contributed by atoms with E-state index in [1.54, 1.807) is 4.68 Å². The van der Waals surface area contributed by atoms with Gasteiger partial charge in [0, 0.05) is 12.0 Å². The van der Waals surface area contributed by atoms with Gasteiger partial charge in [-0.25, -0.2) is 9.67 Å². The van der Waals surface area contributed by atoms with E-state index in [0.29, 0.717) is 5.82 Å². The Kier molecular flexibility index (Phi) is 2.71. The molecule has 0 unspecified atom stereocenters. The summed E-state index contributed by atoms with van der Waals surface area (Å²) in [5.41, 5.74) is -0.0513. The van der Waals surface area contributed by atoms with Gasteiger partial charge in [0.2, 0.25) is 0 Å². The standard InChI is InChI=1S/C9H17N3O/c1-5-12-7(6-13)10-8(11-12)9(2,3)4/h13H,5-6H2,1-4H3. The average Bonchev–Trinajstić information content (AvgIpc) is 2.45. The summed E-state index contributed by atoms with van der Waals surface area (Å²) in [4.78, 5) is 4.27. The Morgan fingerprint density at radius 3 is 2.31 bits per heavy atom. The van der Waals surface area contributed by atoms with E-state index < -0.39 is 0 Å². The van der Waals surface area contributed by atoms with E-state index in [4.69, 9.17) is 5.11 Å². The lowest BCUT2D eigenvalue weighted by Gasteiger charge is -2.12. The number of hydrogen-bond donors (Lipinski definition) is 1. The highest BCUT2D eigenvalue weighted by Gasteiger charge is 2.20. The fourth-order valence-electron chi connectivity index (χ4n) is 1.06. The number of aryl methyl sites for hydroxylation is 1. The van der Waals surface area contributed by atoms with E-state index in [9.17, 15) is 0 Å². The Balaban J connectivity index is 3.07. The van der Waals surface area contributed by atoms with Crippen molar-refractivity contribution in [2.75, 3.05) is 0 Å². The maximum absolute atomic E-state index is 9.01. The molecule has 4 heteroatoms. The molecule has 0 amide bonds.